The summed E-state index contributed by atoms with van der Waals surface area (Å²) in [4.78, 5) is 15.4. The smallest absolute Gasteiger partial charge is 0.257 e. The second-order valence-electron chi connectivity index (χ2n) is 4.75. The number of hydrogen-bond acceptors (Lipinski definition) is 1. The van der Waals surface area contributed by atoms with Crippen LogP contribution in [0.1, 0.15) is 24.3 Å². The van der Waals surface area contributed by atoms with Crippen molar-refractivity contribution in [2.45, 2.75) is 13.3 Å². The average Bonchev–Trinajstić information content (AvgIpc) is 2.92. The first-order chi connectivity index (χ1) is 9.78. The fraction of sp³-hybridized carbons (Fsp3) is 0.118. The minimum atomic E-state index is -0.0910. The largest absolute Gasteiger partial charge is 0.360 e. The molecule has 0 atom stereocenters. The van der Waals surface area contributed by atoms with Crippen molar-refractivity contribution in [1.82, 2.24) is 4.98 Å². The van der Waals surface area contributed by atoms with Gasteiger partial charge in [-0.3, -0.25) is 4.79 Å². The molecule has 1 aromatic heterocycles. The summed E-state index contributed by atoms with van der Waals surface area (Å²) >= 11 is 0. The quantitative estimate of drug-likeness (QED) is 0.732. The van der Waals surface area contributed by atoms with Gasteiger partial charge < -0.3 is 10.3 Å². The normalized spacial score (nSPS) is 10.7. The standard InChI is InChI=1S/C17H16N2O.H2/c1-2-12-7-9-13(10-8-12)19-17(20)15-11-18-16-6-4-3-5-14(15)16;/h3-11,18H,2H2,1H3,(H,19,20);1H. The van der Waals surface area contributed by atoms with E-state index < -0.39 is 0 Å². The van der Waals surface area contributed by atoms with E-state index in [1.54, 1.807) is 6.20 Å². The zero-order valence-electron chi connectivity index (χ0n) is 11.3. The van der Waals surface area contributed by atoms with Crippen LogP contribution in [0.3, 0.4) is 0 Å². The average molecular weight is 266 g/mol. The molecule has 0 saturated carbocycles. The van der Waals surface area contributed by atoms with Gasteiger partial charge in [0.25, 0.3) is 5.91 Å². The van der Waals surface area contributed by atoms with Gasteiger partial charge in [-0.2, -0.15) is 0 Å². The van der Waals surface area contributed by atoms with Crippen molar-refractivity contribution in [3.8, 4) is 0 Å². The molecule has 0 spiro atoms. The van der Waals surface area contributed by atoms with Crippen LogP contribution >= 0.6 is 0 Å². The van der Waals surface area contributed by atoms with E-state index in [0.717, 1.165) is 23.0 Å². The van der Waals surface area contributed by atoms with E-state index in [1.807, 2.05) is 48.5 Å². The highest BCUT2D eigenvalue weighted by molar-refractivity contribution is 6.12. The van der Waals surface area contributed by atoms with Crippen molar-refractivity contribution in [3.05, 3.63) is 65.9 Å². The highest BCUT2D eigenvalue weighted by atomic mass is 16.1. The molecule has 1 heterocycles. The fourth-order valence-corrected chi connectivity index (χ4v) is 2.28. The summed E-state index contributed by atoms with van der Waals surface area (Å²) in [5.74, 6) is -0.0910. The highest BCUT2D eigenvalue weighted by Gasteiger charge is 2.11. The Morgan fingerprint density at radius 2 is 1.90 bits per heavy atom. The van der Waals surface area contributed by atoms with Crippen LogP contribution in [0.5, 0.6) is 0 Å². The van der Waals surface area contributed by atoms with Gasteiger partial charge in [0.05, 0.1) is 5.56 Å². The third kappa shape index (κ3) is 2.30. The SMILES string of the molecule is CCc1ccc(NC(=O)c2c[nH]c3ccccc23)cc1.[HH]. The summed E-state index contributed by atoms with van der Waals surface area (Å²) in [6, 6.07) is 15.7. The minimum absolute atomic E-state index is 0. The van der Waals surface area contributed by atoms with Crippen LogP contribution in [-0.2, 0) is 6.42 Å². The van der Waals surface area contributed by atoms with Gasteiger partial charge in [0.1, 0.15) is 0 Å². The number of fused-ring (bicyclic) bond motifs is 1. The number of aromatic amines is 1. The molecular weight excluding hydrogens is 248 g/mol. The number of carbonyl (C=O) groups is 1. The number of aryl methyl sites for hydroxylation is 1. The van der Waals surface area contributed by atoms with Crippen molar-refractivity contribution in [2.24, 2.45) is 0 Å². The number of para-hydroxylation sites is 1. The van der Waals surface area contributed by atoms with Gasteiger partial charge in [-0.05, 0) is 30.2 Å². The Morgan fingerprint density at radius 1 is 1.15 bits per heavy atom. The first-order valence-corrected chi connectivity index (χ1v) is 6.74. The molecule has 0 aliphatic heterocycles. The number of benzene rings is 2. The monoisotopic (exact) mass is 266 g/mol. The zero-order chi connectivity index (χ0) is 13.9. The van der Waals surface area contributed by atoms with Gasteiger partial charge in [-0.25, -0.2) is 0 Å². The summed E-state index contributed by atoms with van der Waals surface area (Å²) in [6.07, 6.45) is 2.75. The number of carbonyl (C=O) groups excluding carboxylic acids is 1. The molecule has 0 saturated heterocycles. The van der Waals surface area contributed by atoms with E-state index in [1.165, 1.54) is 5.56 Å². The fourth-order valence-electron chi connectivity index (χ4n) is 2.28. The van der Waals surface area contributed by atoms with Crippen LogP contribution in [0.2, 0.25) is 0 Å². The molecule has 102 valence electrons. The lowest BCUT2D eigenvalue weighted by Crippen LogP contribution is -2.11. The Hall–Kier alpha value is -2.55. The molecule has 0 bridgehead atoms. The third-order valence-corrected chi connectivity index (χ3v) is 3.45. The Morgan fingerprint density at radius 3 is 2.65 bits per heavy atom. The molecule has 2 aromatic carbocycles. The van der Waals surface area contributed by atoms with Crippen molar-refractivity contribution >= 4 is 22.5 Å². The van der Waals surface area contributed by atoms with E-state index in [2.05, 4.69) is 17.2 Å². The van der Waals surface area contributed by atoms with Crippen LogP contribution < -0.4 is 5.32 Å². The van der Waals surface area contributed by atoms with Crippen LogP contribution in [0.15, 0.2) is 54.7 Å². The molecule has 0 aliphatic carbocycles. The van der Waals surface area contributed by atoms with E-state index in [9.17, 15) is 4.79 Å². The minimum Gasteiger partial charge on any atom is -0.360 e. The molecule has 0 unspecified atom stereocenters. The Bertz CT molecular complexity index is 747. The summed E-state index contributed by atoms with van der Waals surface area (Å²) in [5.41, 5.74) is 3.71. The maximum absolute atomic E-state index is 12.3. The van der Waals surface area contributed by atoms with Crippen LogP contribution in [0, 0.1) is 0 Å². The molecule has 0 fully saturated rings. The molecule has 3 rings (SSSR count). The van der Waals surface area contributed by atoms with E-state index in [0.29, 0.717) is 5.56 Å². The lowest BCUT2D eigenvalue weighted by atomic mass is 10.1. The number of H-pyrrole nitrogens is 1. The topological polar surface area (TPSA) is 44.9 Å². The number of anilines is 1. The maximum atomic E-state index is 12.3. The summed E-state index contributed by atoms with van der Waals surface area (Å²) < 4.78 is 0. The Balaban J connectivity index is 0.00000161. The molecule has 2 N–H and O–H groups in total. The van der Waals surface area contributed by atoms with Crippen molar-refractivity contribution in [2.75, 3.05) is 5.32 Å². The number of amides is 1. The molecule has 0 radical (unpaired) electrons. The first kappa shape index (κ1) is 12.5. The zero-order valence-corrected chi connectivity index (χ0v) is 11.3. The Kier molecular flexibility index (Phi) is 3.25. The predicted molar refractivity (Wildman–Crippen MR) is 84.2 cm³/mol. The van der Waals surface area contributed by atoms with Crippen molar-refractivity contribution < 1.29 is 6.22 Å². The summed E-state index contributed by atoms with van der Waals surface area (Å²) in [5, 5.41) is 3.87. The first-order valence-electron chi connectivity index (χ1n) is 6.74. The lowest BCUT2D eigenvalue weighted by Gasteiger charge is -2.05. The number of rotatable bonds is 3. The maximum Gasteiger partial charge on any atom is 0.257 e. The highest BCUT2D eigenvalue weighted by Crippen LogP contribution is 2.19. The molecule has 1 amide bonds. The number of hydrogen-bond donors (Lipinski definition) is 2. The van der Waals surface area contributed by atoms with E-state index >= 15 is 0 Å². The van der Waals surface area contributed by atoms with Gasteiger partial charge >= 0.3 is 0 Å². The molecule has 3 nitrogen and oxygen atoms in total. The van der Waals surface area contributed by atoms with Gasteiger partial charge in [0.2, 0.25) is 0 Å². The van der Waals surface area contributed by atoms with Crippen molar-refractivity contribution in [1.29, 1.82) is 0 Å². The summed E-state index contributed by atoms with van der Waals surface area (Å²) in [6.45, 7) is 2.11. The van der Waals surface area contributed by atoms with Gasteiger partial charge in [0.15, 0.2) is 0 Å². The molecule has 3 heteroatoms. The summed E-state index contributed by atoms with van der Waals surface area (Å²) in [7, 11) is 0. The van der Waals surface area contributed by atoms with Gasteiger partial charge in [-0.1, -0.05) is 37.3 Å². The molecule has 20 heavy (non-hydrogen) atoms. The van der Waals surface area contributed by atoms with Crippen molar-refractivity contribution in [3.63, 3.8) is 0 Å². The lowest BCUT2D eigenvalue weighted by molar-refractivity contribution is 0.102. The predicted octanol–water partition coefficient (Wildman–Crippen LogP) is 4.23. The van der Waals surface area contributed by atoms with E-state index in [4.69, 9.17) is 0 Å². The number of aromatic nitrogens is 1. The molecule has 3 aromatic rings. The van der Waals surface area contributed by atoms with Crippen LogP contribution in [0.4, 0.5) is 5.69 Å². The van der Waals surface area contributed by atoms with E-state index in [-0.39, 0.29) is 7.33 Å². The third-order valence-electron chi connectivity index (χ3n) is 3.45. The molecular formula is C17H18N2O. The van der Waals surface area contributed by atoms with Gasteiger partial charge in [-0.15, -0.1) is 0 Å². The second kappa shape index (κ2) is 5.21. The molecule has 0 aliphatic rings. The van der Waals surface area contributed by atoms with Crippen LogP contribution in [0.25, 0.3) is 10.9 Å². The Labute approximate surface area is 119 Å². The van der Waals surface area contributed by atoms with Crippen LogP contribution in [-0.4, -0.2) is 10.9 Å². The number of nitrogens with one attached hydrogen (secondary N) is 2. The second-order valence-corrected chi connectivity index (χ2v) is 4.75. The van der Waals surface area contributed by atoms with Gasteiger partial charge in [0, 0.05) is 24.2 Å².